The molecule has 1 N–H and O–H groups in total. The van der Waals surface area contributed by atoms with E-state index in [1.807, 2.05) is 0 Å². The molecule has 1 heterocycles. The summed E-state index contributed by atoms with van der Waals surface area (Å²) in [4.78, 5) is 25.7. The van der Waals surface area contributed by atoms with Crippen molar-refractivity contribution in [1.29, 1.82) is 0 Å². The van der Waals surface area contributed by atoms with Gasteiger partial charge < -0.3 is 10.1 Å². The summed E-state index contributed by atoms with van der Waals surface area (Å²) in [6.45, 7) is 1.36. The predicted octanol–water partition coefficient (Wildman–Crippen LogP) is 2.97. The number of rotatable bonds is 5. The van der Waals surface area contributed by atoms with Gasteiger partial charge in [-0.3, -0.25) is 14.9 Å². The number of benzene rings is 1. The van der Waals surface area contributed by atoms with Gasteiger partial charge in [0, 0.05) is 10.6 Å². The van der Waals surface area contributed by atoms with Crippen LogP contribution in [0.5, 0.6) is 5.75 Å². The maximum absolute atomic E-state index is 11.7. The quantitative estimate of drug-likeness (QED) is 0.674. The van der Waals surface area contributed by atoms with E-state index in [1.54, 1.807) is 31.2 Å². The molecule has 0 aliphatic carbocycles. The molecule has 0 saturated carbocycles. The van der Waals surface area contributed by atoms with Crippen molar-refractivity contribution < 1.29 is 14.5 Å². The minimum atomic E-state index is -0.530. The molecule has 0 aliphatic heterocycles. The number of nitrogens with one attached hydrogen (secondary N) is 1. The number of amides is 1. The fraction of sp³-hybridized carbons (Fsp3) is 0.143. The molecule has 0 fully saturated rings. The molecule has 0 saturated heterocycles. The third kappa shape index (κ3) is 4.16. The number of carbonyl (C=O) groups excluding carboxylic acids is 1. The van der Waals surface area contributed by atoms with Crippen LogP contribution in [0, 0.1) is 17.0 Å². The second kappa shape index (κ2) is 6.86. The van der Waals surface area contributed by atoms with Gasteiger partial charge >= 0.3 is 0 Å². The Bertz CT molecular complexity index is 704. The van der Waals surface area contributed by atoms with E-state index < -0.39 is 10.8 Å². The third-order valence-electron chi connectivity index (χ3n) is 2.73. The Morgan fingerprint density at radius 2 is 2.09 bits per heavy atom. The molecule has 2 aromatic rings. The summed E-state index contributed by atoms with van der Waals surface area (Å²) in [5.41, 5.74) is 0.310. The summed E-state index contributed by atoms with van der Waals surface area (Å²) in [5, 5.41) is 13.8. The van der Waals surface area contributed by atoms with Gasteiger partial charge in [-0.05, 0) is 37.3 Å². The van der Waals surface area contributed by atoms with Crippen molar-refractivity contribution in [2.24, 2.45) is 0 Å². The second-order valence-electron chi connectivity index (χ2n) is 4.40. The summed E-state index contributed by atoms with van der Waals surface area (Å²) in [7, 11) is 0. The van der Waals surface area contributed by atoms with Gasteiger partial charge in [-0.15, -0.1) is 0 Å². The highest BCUT2D eigenvalue weighted by atomic mass is 35.5. The molecular weight excluding hydrogens is 310 g/mol. The lowest BCUT2D eigenvalue weighted by Gasteiger charge is -2.07. The first-order valence-corrected chi connectivity index (χ1v) is 6.63. The lowest BCUT2D eigenvalue weighted by molar-refractivity contribution is -0.385. The van der Waals surface area contributed by atoms with Crippen LogP contribution in [0.3, 0.4) is 0 Å². The van der Waals surface area contributed by atoms with Crippen molar-refractivity contribution >= 4 is 29.0 Å². The average molecular weight is 322 g/mol. The summed E-state index contributed by atoms with van der Waals surface area (Å²) < 4.78 is 5.28. The zero-order chi connectivity index (χ0) is 16.1. The first-order chi connectivity index (χ1) is 10.5. The highest BCUT2D eigenvalue weighted by molar-refractivity contribution is 6.30. The van der Waals surface area contributed by atoms with Crippen LogP contribution in [0.2, 0.25) is 5.02 Å². The molecule has 0 bridgehead atoms. The number of aryl methyl sites for hydroxylation is 1. The van der Waals surface area contributed by atoms with Crippen molar-refractivity contribution in [3.05, 3.63) is 57.2 Å². The van der Waals surface area contributed by atoms with Crippen molar-refractivity contribution in [2.75, 3.05) is 11.9 Å². The number of aromatic nitrogens is 1. The van der Waals surface area contributed by atoms with E-state index in [2.05, 4.69) is 10.3 Å². The normalized spacial score (nSPS) is 10.1. The second-order valence-corrected chi connectivity index (χ2v) is 4.84. The standard InChI is InChI=1S/C14H12ClN3O4/c1-9-6-13(16-7-12(9)18(20)21)17-14(19)8-22-11-4-2-10(15)3-5-11/h2-7H,8H2,1H3,(H,16,17,19). The minimum absolute atomic E-state index is 0.101. The van der Waals surface area contributed by atoms with Crippen molar-refractivity contribution in [3.8, 4) is 5.75 Å². The smallest absolute Gasteiger partial charge is 0.290 e. The van der Waals surface area contributed by atoms with E-state index in [9.17, 15) is 14.9 Å². The Morgan fingerprint density at radius 3 is 2.68 bits per heavy atom. The van der Waals surface area contributed by atoms with Crippen LogP contribution >= 0.6 is 11.6 Å². The van der Waals surface area contributed by atoms with Gasteiger partial charge in [-0.2, -0.15) is 0 Å². The molecule has 0 spiro atoms. The predicted molar refractivity (Wildman–Crippen MR) is 81.2 cm³/mol. The number of pyridine rings is 1. The van der Waals surface area contributed by atoms with Crippen molar-refractivity contribution in [2.45, 2.75) is 6.92 Å². The number of nitrogens with zero attached hydrogens (tertiary/aromatic N) is 2. The van der Waals surface area contributed by atoms with E-state index >= 15 is 0 Å². The molecule has 8 heteroatoms. The van der Waals surface area contributed by atoms with Gasteiger partial charge in [-0.1, -0.05) is 11.6 Å². The van der Waals surface area contributed by atoms with E-state index in [4.69, 9.17) is 16.3 Å². The van der Waals surface area contributed by atoms with Crippen molar-refractivity contribution in [3.63, 3.8) is 0 Å². The van der Waals surface area contributed by atoms with Crippen molar-refractivity contribution in [1.82, 2.24) is 4.98 Å². The number of hydrogen-bond donors (Lipinski definition) is 1. The SMILES string of the molecule is Cc1cc(NC(=O)COc2ccc(Cl)cc2)ncc1[N+](=O)[O-]. The Hall–Kier alpha value is -2.67. The number of halogens is 1. The molecule has 1 aromatic carbocycles. The summed E-state index contributed by atoms with van der Waals surface area (Å²) in [5.74, 6) is 0.316. The summed E-state index contributed by atoms with van der Waals surface area (Å²) in [6.07, 6.45) is 1.10. The van der Waals surface area contributed by atoms with Crippen LogP contribution < -0.4 is 10.1 Å². The Kier molecular flexibility index (Phi) is 4.90. The van der Waals surface area contributed by atoms with Gasteiger partial charge in [0.1, 0.15) is 17.8 Å². The lowest BCUT2D eigenvalue weighted by Crippen LogP contribution is -2.20. The molecule has 1 amide bonds. The number of hydrogen-bond acceptors (Lipinski definition) is 5. The van der Waals surface area contributed by atoms with Gasteiger partial charge in [0.05, 0.1) is 4.92 Å². The highest BCUT2D eigenvalue weighted by Crippen LogP contribution is 2.19. The zero-order valence-electron chi connectivity index (χ0n) is 11.6. The third-order valence-corrected chi connectivity index (χ3v) is 2.98. The minimum Gasteiger partial charge on any atom is -0.484 e. The monoisotopic (exact) mass is 321 g/mol. The van der Waals surface area contributed by atoms with Gasteiger partial charge in [0.2, 0.25) is 0 Å². The zero-order valence-corrected chi connectivity index (χ0v) is 12.3. The Balaban J connectivity index is 1.93. The molecule has 114 valence electrons. The van der Waals surface area contributed by atoms with Crippen LogP contribution in [0.4, 0.5) is 11.5 Å². The maximum Gasteiger partial charge on any atom is 0.290 e. The molecular formula is C14H12ClN3O4. The molecule has 0 radical (unpaired) electrons. The first-order valence-electron chi connectivity index (χ1n) is 6.25. The van der Waals surface area contributed by atoms with Crippen LogP contribution in [0.15, 0.2) is 36.5 Å². The van der Waals surface area contributed by atoms with Gasteiger partial charge in [0.15, 0.2) is 6.61 Å². The first kappa shape index (κ1) is 15.7. The number of carbonyl (C=O) groups is 1. The largest absolute Gasteiger partial charge is 0.484 e. The van der Waals surface area contributed by atoms with Crippen LogP contribution in [-0.2, 0) is 4.79 Å². The van der Waals surface area contributed by atoms with Gasteiger partial charge in [0.25, 0.3) is 11.6 Å². The fourth-order valence-electron chi connectivity index (χ4n) is 1.67. The molecule has 7 nitrogen and oxygen atoms in total. The Labute approximate surface area is 131 Å². The topological polar surface area (TPSA) is 94.4 Å². The maximum atomic E-state index is 11.7. The summed E-state index contributed by atoms with van der Waals surface area (Å²) >= 11 is 5.74. The van der Waals surface area contributed by atoms with Gasteiger partial charge in [-0.25, -0.2) is 4.98 Å². The highest BCUT2D eigenvalue weighted by Gasteiger charge is 2.12. The van der Waals surface area contributed by atoms with Crippen LogP contribution in [0.25, 0.3) is 0 Å². The van der Waals surface area contributed by atoms with E-state index in [0.29, 0.717) is 16.3 Å². The molecule has 22 heavy (non-hydrogen) atoms. The number of ether oxygens (including phenoxy) is 1. The Morgan fingerprint density at radius 1 is 1.41 bits per heavy atom. The molecule has 0 unspecified atom stereocenters. The molecule has 0 atom stereocenters. The summed E-state index contributed by atoms with van der Waals surface area (Å²) in [6, 6.07) is 8.01. The van der Waals surface area contributed by atoms with E-state index in [1.165, 1.54) is 6.07 Å². The van der Waals surface area contributed by atoms with E-state index in [0.717, 1.165) is 6.20 Å². The lowest BCUT2D eigenvalue weighted by atomic mass is 10.2. The molecule has 1 aromatic heterocycles. The van der Waals surface area contributed by atoms with Crippen LogP contribution in [0.1, 0.15) is 5.56 Å². The fourth-order valence-corrected chi connectivity index (χ4v) is 1.79. The number of anilines is 1. The molecule has 0 aliphatic rings. The van der Waals surface area contributed by atoms with E-state index in [-0.39, 0.29) is 18.1 Å². The number of nitro groups is 1. The molecule has 2 rings (SSSR count). The average Bonchev–Trinajstić information content (AvgIpc) is 2.46. The van der Waals surface area contributed by atoms with Crippen LogP contribution in [-0.4, -0.2) is 22.4 Å².